The minimum absolute atomic E-state index is 0.0292. The van der Waals surface area contributed by atoms with Gasteiger partial charge in [0.15, 0.2) is 0 Å². The summed E-state index contributed by atoms with van der Waals surface area (Å²) in [5.74, 6) is 0. The van der Waals surface area contributed by atoms with Gasteiger partial charge in [-0.3, -0.25) is 10.1 Å². The summed E-state index contributed by atoms with van der Waals surface area (Å²) in [5.41, 5.74) is 2.32. The number of nitro groups is 1. The molecule has 0 amide bonds. The Labute approximate surface area is 131 Å². The molecule has 3 rings (SSSR count). The van der Waals surface area contributed by atoms with Crippen LogP contribution in [0.15, 0.2) is 29.6 Å². The van der Waals surface area contributed by atoms with Crippen molar-refractivity contribution in [2.45, 2.75) is 31.8 Å². The Morgan fingerprint density at radius 1 is 1.43 bits per heavy atom. The van der Waals surface area contributed by atoms with E-state index in [1.54, 1.807) is 6.07 Å². The first-order valence-electron chi connectivity index (χ1n) is 6.87. The van der Waals surface area contributed by atoms with Gasteiger partial charge in [0.05, 0.1) is 9.95 Å². The summed E-state index contributed by atoms with van der Waals surface area (Å²) >= 11 is 7.95. The molecule has 1 heterocycles. The van der Waals surface area contributed by atoms with Crippen LogP contribution in [0.1, 0.15) is 34.9 Å². The maximum Gasteiger partial charge on any atom is 0.270 e. The largest absolute Gasteiger partial charge is 0.306 e. The van der Waals surface area contributed by atoms with Crippen molar-refractivity contribution in [3.63, 3.8) is 0 Å². The molecule has 0 saturated heterocycles. The van der Waals surface area contributed by atoms with Gasteiger partial charge < -0.3 is 5.32 Å². The normalized spacial score (nSPS) is 17.5. The summed E-state index contributed by atoms with van der Waals surface area (Å²) in [6, 6.07) is 7.18. The Kier molecular flexibility index (Phi) is 4.24. The Hall–Kier alpha value is -1.43. The second-order valence-electron chi connectivity index (χ2n) is 5.16. The highest BCUT2D eigenvalue weighted by Crippen LogP contribution is 2.33. The number of aryl methyl sites for hydroxylation is 1. The number of hydrogen-bond donors (Lipinski definition) is 1. The monoisotopic (exact) mass is 322 g/mol. The zero-order valence-electron chi connectivity index (χ0n) is 11.3. The summed E-state index contributed by atoms with van der Waals surface area (Å²) in [7, 11) is 0. The molecule has 1 aliphatic rings. The molecule has 4 nitrogen and oxygen atoms in total. The van der Waals surface area contributed by atoms with Crippen LogP contribution in [0, 0.1) is 10.1 Å². The zero-order valence-corrected chi connectivity index (χ0v) is 12.9. The quantitative estimate of drug-likeness (QED) is 0.667. The number of non-ortho nitro benzene ring substituents is 1. The lowest BCUT2D eigenvalue weighted by atomic mass is 9.94. The molecule has 1 aromatic carbocycles. The summed E-state index contributed by atoms with van der Waals surface area (Å²) < 4.78 is 0. The molecule has 0 bridgehead atoms. The Bertz CT molecular complexity index is 671. The maximum absolute atomic E-state index is 10.7. The third-order valence-electron chi connectivity index (χ3n) is 3.84. The van der Waals surface area contributed by atoms with Gasteiger partial charge in [0.25, 0.3) is 5.69 Å². The fraction of sp³-hybridized carbons (Fsp3) is 0.333. The van der Waals surface area contributed by atoms with E-state index in [-0.39, 0.29) is 5.69 Å². The fourth-order valence-electron chi connectivity index (χ4n) is 2.72. The lowest BCUT2D eigenvalue weighted by molar-refractivity contribution is -0.384. The number of rotatable bonds is 4. The molecule has 1 unspecified atom stereocenters. The van der Waals surface area contributed by atoms with E-state index in [9.17, 15) is 10.1 Å². The molecule has 0 radical (unpaired) electrons. The predicted octanol–water partition coefficient (Wildman–Crippen LogP) is 4.48. The topological polar surface area (TPSA) is 55.2 Å². The first-order valence-corrected chi connectivity index (χ1v) is 8.13. The van der Waals surface area contributed by atoms with Crippen LogP contribution in [-0.4, -0.2) is 4.92 Å². The molecule has 110 valence electrons. The highest BCUT2D eigenvalue weighted by Gasteiger charge is 2.21. The molecule has 1 N–H and O–H groups in total. The molecule has 0 spiro atoms. The number of halogens is 1. The van der Waals surface area contributed by atoms with E-state index in [1.165, 1.54) is 35.4 Å². The van der Waals surface area contributed by atoms with Gasteiger partial charge in [0.1, 0.15) is 0 Å². The average molecular weight is 323 g/mol. The molecule has 0 aliphatic heterocycles. The van der Waals surface area contributed by atoms with Crippen molar-refractivity contribution in [1.82, 2.24) is 5.32 Å². The minimum Gasteiger partial charge on any atom is -0.306 e. The molecule has 0 fully saturated rings. The fourth-order valence-corrected chi connectivity index (χ4v) is 3.95. The highest BCUT2D eigenvalue weighted by atomic mass is 35.5. The van der Waals surface area contributed by atoms with Crippen LogP contribution in [-0.2, 0) is 13.0 Å². The summed E-state index contributed by atoms with van der Waals surface area (Å²) in [4.78, 5) is 11.7. The lowest BCUT2D eigenvalue weighted by Crippen LogP contribution is -2.24. The second kappa shape index (κ2) is 6.13. The van der Waals surface area contributed by atoms with Crippen molar-refractivity contribution in [3.8, 4) is 0 Å². The van der Waals surface area contributed by atoms with E-state index in [4.69, 9.17) is 11.6 Å². The predicted molar refractivity (Wildman–Crippen MR) is 84.9 cm³/mol. The van der Waals surface area contributed by atoms with E-state index in [1.807, 2.05) is 11.3 Å². The summed E-state index contributed by atoms with van der Waals surface area (Å²) in [5, 5.41) is 16.8. The van der Waals surface area contributed by atoms with Crippen LogP contribution in [0.4, 0.5) is 5.69 Å². The molecule has 6 heteroatoms. The molecular weight excluding hydrogens is 308 g/mol. The third-order valence-corrected chi connectivity index (χ3v) is 5.19. The molecule has 1 aromatic heterocycles. The van der Waals surface area contributed by atoms with Crippen molar-refractivity contribution in [2.24, 2.45) is 0 Å². The Balaban J connectivity index is 1.70. The summed E-state index contributed by atoms with van der Waals surface area (Å²) in [6.07, 6.45) is 3.48. The van der Waals surface area contributed by atoms with E-state index < -0.39 is 4.92 Å². The van der Waals surface area contributed by atoms with Gasteiger partial charge in [-0.15, -0.1) is 11.3 Å². The number of thiophene rings is 1. The Morgan fingerprint density at radius 2 is 2.29 bits per heavy atom. The maximum atomic E-state index is 10.7. The molecule has 0 saturated carbocycles. The number of fused-ring (bicyclic) bond motifs is 1. The van der Waals surface area contributed by atoms with Crippen LogP contribution in [0.2, 0.25) is 5.02 Å². The van der Waals surface area contributed by atoms with Crippen LogP contribution in [0.25, 0.3) is 0 Å². The van der Waals surface area contributed by atoms with Gasteiger partial charge in [-0.2, -0.15) is 0 Å². The SMILES string of the molecule is O=[N+]([O-])c1ccc(CNC2CCCc3sccc32)c(Cl)c1. The minimum atomic E-state index is -0.429. The van der Waals surface area contributed by atoms with Crippen molar-refractivity contribution in [1.29, 1.82) is 0 Å². The van der Waals surface area contributed by atoms with Gasteiger partial charge in [0, 0.05) is 29.6 Å². The van der Waals surface area contributed by atoms with Crippen LogP contribution in [0.5, 0.6) is 0 Å². The van der Waals surface area contributed by atoms with E-state index in [2.05, 4.69) is 16.8 Å². The van der Waals surface area contributed by atoms with E-state index in [0.717, 1.165) is 12.0 Å². The van der Waals surface area contributed by atoms with Gasteiger partial charge in [-0.1, -0.05) is 11.6 Å². The molecule has 21 heavy (non-hydrogen) atoms. The number of nitrogens with one attached hydrogen (secondary N) is 1. The van der Waals surface area contributed by atoms with Gasteiger partial charge in [0.2, 0.25) is 0 Å². The van der Waals surface area contributed by atoms with E-state index in [0.29, 0.717) is 17.6 Å². The van der Waals surface area contributed by atoms with Crippen molar-refractivity contribution >= 4 is 28.6 Å². The standard InChI is InChI=1S/C15H15ClN2O2S/c16-13-8-11(18(19)20)5-4-10(13)9-17-14-2-1-3-15-12(14)6-7-21-15/h4-8,14,17H,1-3,9H2. The number of benzene rings is 1. The van der Waals surface area contributed by atoms with Crippen LogP contribution >= 0.6 is 22.9 Å². The molecule has 2 aromatic rings. The van der Waals surface area contributed by atoms with Crippen molar-refractivity contribution in [3.05, 3.63) is 60.8 Å². The first kappa shape index (κ1) is 14.5. The van der Waals surface area contributed by atoms with Gasteiger partial charge in [-0.05, 0) is 47.9 Å². The zero-order chi connectivity index (χ0) is 14.8. The molecular formula is C15H15ClN2O2S. The summed E-state index contributed by atoms with van der Waals surface area (Å²) in [6.45, 7) is 0.622. The number of nitrogens with zero attached hydrogens (tertiary/aromatic N) is 1. The number of hydrogen-bond acceptors (Lipinski definition) is 4. The average Bonchev–Trinajstić information content (AvgIpc) is 2.94. The smallest absolute Gasteiger partial charge is 0.270 e. The van der Waals surface area contributed by atoms with Crippen molar-refractivity contribution < 1.29 is 4.92 Å². The second-order valence-corrected chi connectivity index (χ2v) is 6.57. The van der Waals surface area contributed by atoms with Gasteiger partial charge in [-0.25, -0.2) is 0 Å². The highest BCUT2D eigenvalue weighted by molar-refractivity contribution is 7.10. The lowest BCUT2D eigenvalue weighted by Gasteiger charge is -2.24. The van der Waals surface area contributed by atoms with Gasteiger partial charge >= 0.3 is 0 Å². The van der Waals surface area contributed by atoms with Crippen molar-refractivity contribution in [2.75, 3.05) is 0 Å². The van der Waals surface area contributed by atoms with Crippen LogP contribution < -0.4 is 5.32 Å². The number of nitro benzene ring substituents is 1. The first-order chi connectivity index (χ1) is 10.1. The third kappa shape index (κ3) is 3.10. The molecule has 1 aliphatic carbocycles. The van der Waals surface area contributed by atoms with E-state index >= 15 is 0 Å². The van der Waals surface area contributed by atoms with Crippen LogP contribution in [0.3, 0.4) is 0 Å². The molecule has 1 atom stereocenters. The Morgan fingerprint density at radius 3 is 3.05 bits per heavy atom.